The number of allylic oxidation sites excluding steroid dienone is 1. The molecule has 108 valence electrons. The summed E-state index contributed by atoms with van der Waals surface area (Å²) in [4.78, 5) is 22.3. The lowest BCUT2D eigenvalue weighted by atomic mass is 10.1. The number of hydrogen-bond acceptors (Lipinski definition) is 4. The maximum absolute atomic E-state index is 12.1. The van der Waals surface area contributed by atoms with E-state index in [0.29, 0.717) is 6.42 Å². The van der Waals surface area contributed by atoms with Crippen LogP contribution in [0.2, 0.25) is 0 Å². The van der Waals surface area contributed by atoms with E-state index < -0.39 is 16.9 Å². The average Bonchev–Trinajstić information content (AvgIpc) is 2.43. The first kappa shape index (κ1) is 16.3. The monoisotopic (exact) mass is 342 g/mol. The smallest absolute Gasteiger partial charge is 0.284 e. The van der Waals surface area contributed by atoms with E-state index in [1.165, 1.54) is 18.2 Å². The van der Waals surface area contributed by atoms with Crippen molar-refractivity contribution >= 4 is 27.5 Å². The van der Waals surface area contributed by atoms with Crippen LogP contribution >= 0.6 is 15.9 Å². The first-order valence-corrected chi connectivity index (χ1v) is 6.76. The number of hydrogen-bond donors (Lipinski definition) is 2. The van der Waals surface area contributed by atoms with Crippen LogP contribution in [0.1, 0.15) is 23.7 Å². The third-order valence-corrected chi connectivity index (χ3v) is 3.46. The zero-order valence-corrected chi connectivity index (χ0v) is 12.5. The lowest BCUT2D eigenvalue weighted by Gasteiger charge is -2.15. The molecule has 0 fully saturated rings. The van der Waals surface area contributed by atoms with Gasteiger partial charge in [-0.2, -0.15) is 0 Å². The number of aliphatic hydroxyl groups excluding tert-OH is 1. The molecule has 0 aliphatic rings. The largest absolute Gasteiger partial charge is 0.394 e. The van der Waals surface area contributed by atoms with Gasteiger partial charge in [0.2, 0.25) is 0 Å². The zero-order chi connectivity index (χ0) is 15.1. The molecule has 0 saturated heterocycles. The number of nitrogens with zero attached hydrogens (tertiary/aromatic N) is 1. The molecule has 1 amide bonds. The number of nitro benzene ring substituents is 1. The molecule has 0 aliphatic carbocycles. The summed E-state index contributed by atoms with van der Waals surface area (Å²) in [6.45, 7) is 1.63. The molecule has 0 aromatic heterocycles. The van der Waals surface area contributed by atoms with Crippen LogP contribution in [0, 0.1) is 10.1 Å². The fraction of sp³-hybridized carbons (Fsp3) is 0.308. The normalized spacial score (nSPS) is 12.3. The molecular formula is C13H15BrN2O4. The Morgan fingerprint density at radius 1 is 1.60 bits per heavy atom. The molecule has 1 atom stereocenters. The maximum Gasteiger partial charge on any atom is 0.284 e. The van der Waals surface area contributed by atoms with E-state index in [2.05, 4.69) is 21.2 Å². The van der Waals surface area contributed by atoms with Gasteiger partial charge in [-0.25, -0.2) is 0 Å². The van der Waals surface area contributed by atoms with Crippen LogP contribution in [0.3, 0.4) is 0 Å². The fourth-order valence-corrected chi connectivity index (χ4v) is 2.17. The summed E-state index contributed by atoms with van der Waals surface area (Å²) in [5, 5.41) is 22.6. The number of nitrogens with one attached hydrogen (secondary N) is 1. The number of rotatable bonds is 6. The van der Waals surface area contributed by atoms with E-state index in [1.807, 2.05) is 19.1 Å². The van der Waals surface area contributed by atoms with Crippen molar-refractivity contribution in [2.24, 2.45) is 0 Å². The van der Waals surface area contributed by atoms with Crippen LogP contribution in [-0.4, -0.2) is 28.6 Å². The number of carbonyl (C=O) groups excluding carboxylic acids is 1. The van der Waals surface area contributed by atoms with E-state index in [9.17, 15) is 20.0 Å². The van der Waals surface area contributed by atoms with Gasteiger partial charge < -0.3 is 10.4 Å². The van der Waals surface area contributed by atoms with Gasteiger partial charge in [-0.15, -0.1) is 0 Å². The molecule has 0 spiro atoms. The Morgan fingerprint density at radius 2 is 2.30 bits per heavy atom. The third-order valence-electron chi connectivity index (χ3n) is 2.63. The van der Waals surface area contributed by atoms with Gasteiger partial charge >= 0.3 is 0 Å². The summed E-state index contributed by atoms with van der Waals surface area (Å²) >= 11 is 3.07. The predicted molar refractivity (Wildman–Crippen MR) is 78.6 cm³/mol. The molecule has 1 rings (SSSR count). The van der Waals surface area contributed by atoms with E-state index in [0.717, 1.165) is 0 Å². The number of aliphatic hydroxyl groups is 1. The molecule has 1 aromatic carbocycles. The molecule has 7 heteroatoms. The van der Waals surface area contributed by atoms with Gasteiger partial charge in [0.1, 0.15) is 4.47 Å². The Bertz CT molecular complexity index is 531. The van der Waals surface area contributed by atoms with E-state index in [1.54, 1.807) is 0 Å². The molecular weight excluding hydrogens is 328 g/mol. The number of nitro groups is 1. The molecule has 0 bridgehead atoms. The Morgan fingerprint density at radius 3 is 2.85 bits per heavy atom. The second-order valence-corrected chi connectivity index (χ2v) is 4.85. The van der Waals surface area contributed by atoms with Gasteiger partial charge in [-0.1, -0.05) is 18.2 Å². The molecule has 2 N–H and O–H groups in total. The van der Waals surface area contributed by atoms with Crippen molar-refractivity contribution in [3.63, 3.8) is 0 Å². The Labute approximate surface area is 124 Å². The molecule has 6 nitrogen and oxygen atoms in total. The van der Waals surface area contributed by atoms with E-state index in [-0.39, 0.29) is 22.3 Å². The first-order valence-electron chi connectivity index (χ1n) is 5.97. The van der Waals surface area contributed by atoms with Gasteiger partial charge in [0.25, 0.3) is 11.6 Å². The van der Waals surface area contributed by atoms with E-state index in [4.69, 9.17) is 0 Å². The van der Waals surface area contributed by atoms with Crippen molar-refractivity contribution in [3.8, 4) is 0 Å². The average molecular weight is 343 g/mol. The lowest BCUT2D eigenvalue weighted by molar-refractivity contribution is -0.385. The molecule has 1 aromatic rings. The van der Waals surface area contributed by atoms with Crippen molar-refractivity contribution in [2.45, 2.75) is 19.4 Å². The van der Waals surface area contributed by atoms with Crippen LogP contribution in [-0.2, 0) is 0 Å². The number of carbonyl (C=O) groups is 1. The van der Waals surface area contributed by atoms with Crippen molar-refractivity contribution in [1.82, 2.24) is 5.32 Å². The van der Waals surface area contributed by atoms with Gasteiger partial charge in [-0.05, 0) is 35.3 Å². The standard InChI is InChI=1S/C13H15BrN2O4/c1-2-3-5-9(8-17)15-13(18)10-6-4-7-11(12(10)14)16(19)20/h2-4,6-7,9,17H,5,8H2,1H3,(H,15,18). The first-order chi connectivity index (χ1) is 9.51. The number of amides is 1. The third kappa shape index (κ3) is 4.14. The summed E-state index contributed by atoms with van der Waals surface area (Å²) in [5.41, 5.74) is -0.00946. The predicted octanol–water partition coefficient (Wildman–Crippen LogP) is 2.41. The summed E-state index contributed by atoms with van der Waals surface area (Å²) < 4.78 is 0.130. The van der Waals surface area contributed by atoms with Crippen LogP contribution in [0.15, 0.2) is 34.8 Å². The second kappa shape index (κ2) is 7.76. The molecule has 20 heavy (non-hydrogen) atoms. The van der Waals surface area contributed by atoms with Crippen molar-refractivity contribution in [3.05, 3.63) is 50.5 Å². The summed E-state index contributed by atoms with van der Waals surface area (Å²) in [5.74, 6) is -0.468. The van der Waals surface area contributed by atoms with Gasteiger partial charge in [0.05, 0.1) is 23.1 Å². The highest BCUT2D eigenvalue weighted by Crippen LogP contribution is 2.28. The van der Waals surface area contributed by atoms with Crippen molar-refractivity contribution in [2.75, 3.05) is 6.61 Å². The topological polar surface area (TPSA) is 92.5 Å². The van der Waals surface area contributed by atoms with Crippen molar-refractivity contribution < 1.29 is 14.8 Å². The van der Waals surface area contributed by atoms with Crippen LogP contribution in [0.5, 0.6) is 0 Å². The SMILES string of the molecule is CC=CCC(CO)NC(=O)c1cccc([N+](=O)[O-])c1Br. The quantitative estimate of drug-likeness (QED) is 0.471. The highest BCUT2D eigenvalue weighted by molar-refractivity contribution is 9.10. The van der Waals surface area contributed by atoms with Gasteiger partial charge in [-0.3, -0.25) is 14.9 Å². The second-order valence-electron chi connectivity index (χ2n) is 4.05. The minimum Gasteiger partial charge on any atom is -0.394 e. The summed E-state index contributed by atoms with van der Waals surface area (Å²) in [6.07, 6.45) is 4.13. The number of benzene rings is 1. The Kier molecular flexibility index (Phi) is 6.33. The highest BCUT2D eigenvalue weighted by atomic mass is 79.9. The van der Waals surface area contributed by atoms with Gasteiger partial charge in [0.15, 0.2) is 0 Å². The minimum atomic E-state index is -0.565. The molecule has 1 unspecified atom stereocenters. The summed E-state index contributed by atoms with van der Waals surface area (Å²) in [6, 6.07) is 3.81. The fourth-order valence-electron chi connectivity index (χ4n) is 1.58. The highest BCUT2D eigenvalue weighted by Gasteiger charge is 2.20. The minimum absolute atomic E-state index is 0.130. The Balaban J connectivity index is 2.92. The van der Waals surface area contributed by atoms with E-state index >= 15 is 0 Å². The molecule has 0 saturated carbocycles. The van der Waals surface area contributed by atoms with Crippen LogP contribution in [0.25, 0.3) is 0 Å². The van der Waals surface area contributed by atoms with Gasteiger partial charge in [0, 0.05) is 6.07 Å². The lowest BCUT2D eigenvalue weighted by Crippen LogP contribution is -2.37. The zero-order valence-electron chi connectivity index (χ0n) is 10.9. The molecule has 0 radical (unpaired) electrons. The Hall–Kier alpha value is -1.73. The summed E-state index contributed by atoms with van der Waals surface area (Å²) in [7, 11) is 0. The molecule has 0 heterocycles. The van der Waals surface area contributed by atoms with Crippen LogP contribution in [0.4, 0.5) is 5.69 Å². The van der Waals surface area contributed by atoms with Crippen LogP contribution < -0.4 is 5.32 Å². The maximum atomic E-state index is 12.1. The van der Waals surface area contributed by atoms with Crippen molar-refractivity contribution in [1.29, 1.82) is 0 Å². The molecule has 0 aliphatic heterocycles. The number of halogens is 1.